The average Bonchev–Trinajstić information content (AvgIpc) is 3.22. The lowest BCUT2D eigenvalue weighted by Crippen LogP contribution is -2.44. The molecule has 0 saturated carbocycles. The summed E-state index contributed by atoms with van der Waals surface area (Å²) < 4.78 is 5.32. The van der Waals surface area contributed by atoms with E-state index in [1.165, 1.54) is 30.4 Å². The summed E-state index contributed by atoms with van der Waals surface area (Å²) in [6, 6.07) is 7.92. The molecule has 0 unspecified atom stereocenters. The Hall–Kier alpha value is -2.12. The number of amides is 2. The van der Waals surface area contributed by atoms with E-state index in [0.717, 1.165) is 51.6 Å². The molecule has 0 aliphatic carbocycles. The van der Waals surface area contributed by atoms with Gasteiger partial charge in [0.2, 0.25) is 11.8 Å². The van der Waals surface area contributed by atoms with Crippen molar-refractivity contribution in [3.05, 3.63) is 24.3 Å². The molecule has 2 aliphatic heterocycles. The van der Waals surface area contributed by atoms with Gasteiger partial charge in [0.1, 0.15) is 6.54 Å². The molecule has 2 fully saturated rings. The number of ether oxygens (including phenoxy) is 1. The third-order valence-corrected chi connectivity index (χ3v) is 5.17. The lowest BCUT2D eigenvalue weighted by atomic mass is 10.2. The predicted octanol–water partition coefficient (Wildman–Crippen LogP) is 1.09. The number of hydrogen-bond acceptors (Lipinski definition) is 5. The van der Waals surface area contributed by atoms with Gasteiger partial charge in [0.05, 0.1) is 13.2 Å². The summed E-state index contributed by atoms with van der Waals surface area (Å²) in [4.78, 5) is 30.5. The van der Waals surface area contributed by atoms with Crippen molar-refractivity contribution in [3.63, 3.8) is 0 Å². The van der Waals surface area contributed by atoms with Crippen LogP contribution in [0.15, 0.2) is 24.3 Å². The molecule has 0 atom stereocenters. The molecule has 2 aliphatic rings. The smallest absolute Gasteiger partial charge is 0.240 e. The molecule has 148 valence electrons. The van der Waals surface area contributed by atoms with Crippen molar-refractivity contribution in [1.82, 2.24) is 10.2 Å². The minimum Gasteiger partial charge on any atom is -0.379 e. The lowest BCUT2D eigenvalue weighted by molar-refractivity contribution is -0.123. The van der Waals surface area contributed by atoms with Crippen LogP contribution in [-0.4, -0.2) is 75.7 Å². The van der Waals surface area contributed by atoms with Gasteiger partial charge < -0.3 is 19.9 Å². The van der Waals surface area contributed by atoms with Crippen LogP contribution in [0, 0.1) is 0 Å². The highest BCUT2D eigenvalue weighted by Crippen LogP contribution is 2.24. The van der Waals surface area contributed by atoms with Gasteiger partial charge in [0.25, 0.3) is 0 Å². The molecule has 1 aromatic carbocycles. The SMILES string of the molecule is CC(=O)N(CC(=O)NCCN1CCOCC1)c1ccc(N2CCCC2)cc1. The maximum Gasteiger partial charge on any atom is 0.240 e. The van der Waals surface area contributed by atoms with Crippen LogP contribution in [0.5, 0.6) is 0 Å². The summed E-state index contributed by atoms with van der Waals surface area (Å²) in [6.45, 7) is 8.40. The van der Waals surface area contributed by atoms with Gasteiger partial charge in [-0.15, -0.1) is 0 Å². The molecular weight excluding hydrogens is 344 g/mol. The Kier molecular flexibility index (Phi) is 7.06. The van der Waals surface area contributed by atoms with Crippen LogP contribution in [0.25, 0.3) is 0 Å². The fraction of sp³-hybridized carbons (Fsp3) is 0.600. The van der Waals surface area contributed by atoms with Crippen LogP contribution in [-0.2, 0) is 14.3 Å². The number of benzene rings is 1. The molecule has 0 spiro atoms. The third-order valence-electron chi connectivity index (χ3n) is 5.17. The third kappa shape index (κ3) is 5.68. The van der Waals surface area contributed by atoms with Crippen LogP contribution in [0.3, 0.4) is 0 Å². The van der Waals surface area contributed by atoms with Crippen LogP contribution >= 0.6 is 0 Å². The first-order valence-electron chi connectivity index (χ1n) is 9.83. The summed E-state index contributed by atoms with van der Waals surface area (Å²) in [5, 5.41) is 2.92. The van der Waals surface area contributed by atoms with Crippen LogP contribution < -0.4 is 15.1 Å². The molecule has 7 heteroatoms. The van der Waals surface area contributed by atoms with Gasteiger partial charge in [-0.3, -0.25) is 14.5 Å². The Labute approximate surface area is 161 Å². The summed E-state index contributed by atoms with van der Waals surface area (Å²) >= 11 is 0. The fourth-order valence-electron chi connectivity index (χ4n) is 3.58. The highest BCUT2D eigenvalue weighted by atomic mass is 16.5. The number of nitrogens with zero attached hydrogens (tertiary/aromatic N) is 3. The number of anilines is 2. The average molecular weight is 374 g/mol. The highest BCUT2D eigenvalue weighted by Gasteiger charge is 2.18. The standard InChI is InChI=1S/C20H30N4O3/c1-17(25)24(16-20(26)21-8-11-22-12-14-27-15-13-22)19-6-4-18(5-7-19)23-9-2-3-10-23/h4-7H,2-3,8-16H2,1H3,(H,21,26). The van der Waals surface area contributed by atoms with E-state index in [-0.39, 0.29) is 18.4 Å². The normalized spacial score (nSPS) is 17.7. The van der Waals surface area contributed by atoms with Crippen LogP contribution in [0.2, 0.25) is 0 Å². The van der Waals surface area contributed by atoms with Gasteiger partial charge in [-0.05, 0) is 37.1 Å². The number of nitrogens with one attached hydrogen (secondary N) is 1. The predicted molar refractivity (Wildman–Crippen MR) is 106 cm³/mol. The second-order valence-corrected chi connectivity index (χ2v) is 7.12. The molecule has 1 N–H and O–H groups in total. The number of hydrogen-bond donors (Lipinski definition) is 1. The van der Waals surface area contributed by atoms with E-state index in [2.05, 4.69) is 15.1 Å². The van der Waals surface area contributed by atoms with Crippen molar-refractivity contribution >= 4 is 23.2 Å². The monoisotopic (exact) mass is 374 g/mol. The summed E-state index contributed by atoms with van der Waals surface area (Å²) in [7, 11) is 0. The molecule has 2 saturated heterocycles. The van der Waals surface area contributed by atoms with E-state index in [0.29, 0.717) is 6.54 Å². The number of rotatable bonds is 7. The first-order valence-corrected chi connectivity index (χ1v) is 9.83. The Bertz CT molecular complexity index is 623. The molecule has 2 heterocycles. The molecule has 0 bridgehead atoms. The lowest BCUT2D eigenvalue weighted by Gasteiger charge is -2.27. The Morgan fingerprint density at radius 2 is 1.74 bits per heavy atom. The summed E-state index contributed by atoms with van der Waals surface area (Å²) in [6.07, 6.45) is 2.46. The molecule has 1 aromatic rings. The van der Waals surface area contributed by atoms with Crippen LogP contribution in [0.4, 0.5) is 11.4 Å². The quantitative estimate of drug-likeness (QED) is 0.774. The van der Waals surface area contributed by atoms with Crippen molar-refractivity contribution in [2.24, 2.45) is 0 Å². The highest BCUT2D eigenvalue weighted by molar-refractivity contribution is 5.97. The van der Waals surface area contributed by atoms with Crippen molar-refractivity contribution in [1.29, 1.82) is 0 Å². The van der Waals surface area contributed by atoms with Gasteiger partial charge in [-0.1, -0.05) is 0 Å². The topological polar surface area (TPSA) is 65.1 Å². The number of carbonyl (C=O) groups is 2. The Morgan fingerprint density at radius 1 is 1.07 bits per heavy atom. The largest absolute Gasteiger partial charge is 0.379 e. The van der Waals surface area contributed by atoms with E-state index in [1.54, 1.807) is 0 Å². The van der Waals surface area contributed by atoms with E-state index >= 15 is 0 Å². The first-order chi connectivity index (χ1) is 13.1. The molecule has 3 rings (SSSR count). The van der Waals surface area contributed by atoms with E-state index < -0.39 is 0 Å². The molecule has 27 heavy (non-hydrogen) atoms. The molecule has 2 amide bonds. The van der Waals surface area contributed by atoms with Gasteiger partial charge in [0.15, 0.2) is 0 Å². The number of morpholine rings is 1. The molecular formula is C20H30N4O3. The van der Waals surface area contributed by atoms with Gasteiger partial charge in [-0.25, -0.2) is 0 Å². The van der Waals surface area contributed by atoms with Crippen molar-refractivity contribution < 1.29 is 14.3 Å². The van der Waals surface area contributed by atoms with Gasteiger partial charge in [-0.2, -0.15) is 0 Å². The van der Waals surface area contributed by atoms with Crippen molar-refractivity contribution in [2.75, 3.05) is 68.8 Å². The van der Waals surface area contributed by atoms with E-state index in [9.17, 15) is 9.59 Å². The zero-order chi connectivity index (χ0) is 19.1. The van der Waals surface area contributed by atoms with Gasteiger partial charge >= 0.3 is 0 Å². The van der Waals surface area contributed by atoms with Gasteiger partial charge in [0, 0.05) is 57.6 Å². The second kappa shape index (κ2) is 9.71. The molecule has 0 radical (unpaired) electrons. The second-order valence-electron chi connectivity index (χ2n) is 7.12. The Balaban J connectivity index is 1.50. The zero-order valence-corrected chi connectivity index (χ0v) is 16.2. The Morgan fingerprint density at radius 3 is 2.37 bits per heavy atom. The first kappa shape index (κ1) is 19.6. The fourth-order valence-corrected chi connectivity index (χ4v) is 3.58. The van der Waals surface area contributed by atoms with Crippen molar-refractivity contribution in [2.45, 2.75) is 19.8 Å². The van der Waals surface area contributed by atoms with Crippen LogP contribution in [0.1, 0.15) is 19.8 Å². The maximum absolute atomic E-state index is 12.3. The van der Waals surface area contributed by atoms with Crippen molar-refractivity contribution in [3.8, 4) is 0 Å². The molecule has 7 nitrogen and oxygen atoms in total. The maximum atomic E-state index is 12.3. The number of carbonyl (C=O) groups excluding carboxylic acids is 2. The minimum absolute atomic E-state index is 0.0432. The van der Waals surface area contributed by atoms with E-state index in [1.807, 2.05) is 24.3 Å². The van der Waals surface area contributed by atoms with E-state index in [4.69, 9.17) is 4.74 Å². The summed E-state index contributed by atoms with van der Waals surface area (Å²) in [5.74, 6) is -0.269. The summed E-state index contributed by atoms with van der Waals surface area (Å²) in [5.41, 5.74) is 1.93. The molecule has 0 aromatic heterocycles. The zero-order valence-electron chi connectivity index (χ0n) is 16.2. The minimum atomic E-state index is -0.137.